The Morgan fingerprint density at radius 3 is 2.68 bits per heavy atom. The Labute approximate surface area is 142 Å². The van der Waals surface area contributed by atoms with E-state index in [4.69, 9.17) is 0 Å². The third-order valence-electron chi connectivity index (χ3n) is 2.97. The van der Waals surface area contributed by atoms with Crippen molar-refractivity contribution in [1.29, 1.82) is 0 Å². The van der Waals surface area contributed by atoms with Gasteiger partial charge in [-0.05, 0) is 69.2 Å². The predicted molar refractivity (Wildman–Crippen MR) is 91.2 cm³/mol. The number of aliphatic hydroxyl groups excluding tert-OH is 1. The average molecular weight is 500 g/mol. The number of halogens is 3. The van der Waals surface area contributed by atoms with Crippen molar-refractivity contribution >= 4 is 54.5 Å². The number of aromatic nitrogens is 2. The average Bonchev–Trinajstić information content (AvgIpc) is 2.59. The predicted octanol–water partition coefficient (Wildman–Crippen LogP) is 4.13. The number of aliphatic hydroxyl groups is 1. The molecule has 2 rings (SSSR count). The van der Waals surface area contributed by atoms with Crippen LogP contribution in [0.15, 0.2) is 27.1 Å². The molecule has 2 aromatic rings. The maximum atomic E-state index is 10.4. The van der Waals surface area contributed by atoms with Crippen molar-refractivity contribution in [3.63, 3.8) is 0 Å². The lowest BCUT2D eigenvalue weighted by molar-refractivity contribution is 0.174. The van der Waals surface area contributed by atoms with Crippen LogP contribution in [-0.4, -0.2) is 14.9 Å². The number of rotatable bonds is 3. The summed E-state index contributed by atoms with van der Waals surface area (Å²) in [5.41, 5.74) is 2.87. The van der Waals surface area contributed by atoms with Gasteiger partial charge in [-0.3, -0.25) is 4.68 Å². The van der Waals surface area contributed by atoms with Crippen molar-refractivity contribution in [2.24, 2.45) is 7.05 Å². The van der Waals surface area contributed by atoms with E-state index in [2.05, 4.69) is 59.5 Å². The lowest BCUT2D eigenvalue weighted by Gasteiger charge is -2.14. The first-order valence-electron chi connectivity index (χ1n) is 5.71. The van der Waals surface area contributed by atoms with Crippen LogP contribution in [0, 0.1) is 10.5 Å². The van der Waals surface area contributed by atoms with Gasteiger partial charge in [-0.2, -0.15) is 5.10 Å². The number of hydrogen-bond donors (Lipinski definition) is 1. The molecule has 1 aromatic heterocycles. The molecule has 1 atom stereocenters. The minimum atomic E-state index is -0.546. The largest absolute Gasteiger partial charge is 0.388 e. The van der Waals surface area contributed by atoms with E-state index in [1.165, 1.54) is 0 Å². The molecule has 0 saturated carbocycles. The zero-order valence-electron chi connectivity index (χ0n) is 10.5. The number of benzene rings is 1. The molecule has 0 saturated heterocycles. The second-order valence-electron chi connectivity index (χ2n) is 4.36. The van der Waals surface area contributed by atoms with Gasteiger partial charge in [0.2, 0.25) is 0 Å². The van der Waals surface area contributed by atoms with Crippen LogP contribution < -0.4 is 0 Å². The van der Waals surface area contributed by atoms with Crippen molar-refractivity contribution in [2.45, 2.75) is 19.4 Å². The Morgan fingerprint density at radius 2 is 2.11 bits per heavy atom. The molecule has 0 radical (unpaired) electrons. The Bertz CT molecular complexity index is 613. The van der Waals surface area contributed by atoms with Gasteiger partial charge in [0, 0.05) is 21.5 Å². The monoisotopic (exact) mass is 498 g/mol. The quantitative estimate of drug-likeness (QED) is 0.645. The summed E-state index contributed by atoms with van der Waals surface area (Å²) in [6.07, 6.45) is -0.0137. The molecular formula is C13H13Br2IN2O. The van der Waals surface area contributed by atoms with Crippen molar-refractivity contribution in [1.82, 2.24) is 9.78 Å². The van der Waals surface area contributed by atoms with Crippen LogP contribution in [-0.2, 0) is 13.5 Å². The third-order valence-corrected chi connectivity index (χ3v) is 5.47. The zero-order valence-corrected chi connectivity index (χ0v) is 15.8. The van der Waals surface area contributed by atoms with Gasteiger partial charge in [-0.1, -0.05) is 15.9 Å². The molecule has 6 heteroatoms. The SMILES string of the molecule is Cc1nn(C)c(CC(O)c2cc(Br)ccc2I)c1Br. The van der Waals surface area contributed by atoms with Crippen LogP contribution in [0.25, 0.3) is 0 Å². The summed E-state index contributed by atoms with van der Waals surface area (Å²) >= 11 is 9.21. The molecule has 1 N–H and O–H groups in total. The molecular weight excluding hydrogens is 487 g/mol. The maximum Gasteiger partial charge on any atom is 0.0856 e. The van der Waals surface area contributed by atoms with Crippen LogP contribution in [0.5, 0.6) is 0 Å². The minimum absolute atomic E-state index is 0.532. The lowest BCUT2D eigenvalue weighted by atomic mass is 10.0. The van der Waals surface area contributed by atoms with E-state index in [0.717, 1.165) is 29.5 Å². The van der Waals surface area contributed by atoms with Gasteiger partial charge in [0.1, 0.15) is 0 Å². The molecule has 102 valence electrons. The van der Waals surface area contributed by atoms with Crippen LogP contribution in [0.4, 0.5) is 0 Å². The molecule has 0 aliphatic carbocycles. The molecule has 0 spiro atoms. The van der Waals surface area contributed by atoms with E-state index in [0.29, 0.717) is 6.42 Å². The molecule has 3 nitrogen and oxygen atoms in total. The van der Waals surface area contributed by atoms with E-state index in [-0.39, 0.29) is 0 Å². The summed E-state index contributed by atoms with van der Waals surface area (Å²) in [6.45, 7) is 1.95. The molecule has 19 heavy (non-hydrogen) atoms. The Hall–Kier alpha value is 0.0800. The second kappa shape index (κ2) is 6.24. The first-order valence-corrected chi connectivity index (χ1v) is 8.37. The maximum absolute atomic E-state index is 10.4. The summed E-state index contributed by atoms with van der Waals surface area (Å²) in [7, 11) is 1.89. The minimum Gasteiger partial charge on any atom is -0.388 e. The van der Waals surface area contributed by atoms with Gasteiger partial charge >= 0.3 is 0 Å². The standard InChI is InChI=1S/C13H13Br2IN2O/c1-7-13(15)11(18(2)17-7)6-12(19)9-5-8(14)3-4-10(9)16/h3-5,12,19H,6H2,1-2H3. The molecule has 1 heterocycles. The van der Waals surface area contributed by atoms with Crippen molar-refractivity contribution in [3.8, 4) is 0 Å². The van der Waals surface area contributed by atoms with E-state index < -0.39 is 6.10 Å². The van der Waals surface area contributed by atoms with Crippen molar-refractivity contribution < 1.29 is 5.11 Å². The highest BCUT2D eigenvalue weighted by Crippen LogP contribution is 2.29. The summed E-state index contributed by atoms with van der Waals surface area (Å²) < 4.78 is 4.82. The van der Waals surface area contributed by atoms with E-state index >= 15 is 0 Å². The van der Waals surface area contributed by atoms with Crippen LogP contribution >= 0.6 is 54.5 Å². The summed E-state index contributed by atoms with van der Waals surface area (Å²) in [5.74, 6) is 0. The first kappa shape index (κ1) is 15.5. The summed E-state index contributed by atoms with van der Waals surface area (Å²) in [5, 5.41) is 14.8. The highest BCUT2D eigenvalue weighted by Gasteiger charge is 2.18. The van der Waals surface area contributed by atoms with Gasteiger partial charge in [-0.15, -0.1) is 0 Å². The van der Waals surface area contributed by atoms with Gasteiger partial charge in [-0.25, -0.2) is 0 Å². The third kappa shape index (κ3) is 3.40. The van der Waals surface area contributed by atoms with Crippen molar-refractivity contribution in [2.75, 3.05) is 0 Å². The molecule has 1 unspecified atom stereocenters. The fourth-order valence-corrected chi connectivity index (χ4v) is 3.54. The lowest BCUT2D eigenvalue weighted by Crippen LogP contribution is -2.08. The number of hydrogen-bond acceptors (Lipinski definition) is 2. The van der Waals surface area contributed by atoms with E-state index in [1.807, 2.05) is 36.9 Å². The van der Waals surface area contributed by atoms with Gasteiger partial charge in [0.05, 0.1) is 22.0 Å². The highest BCUT2D eigenvalue weighted by molar-refractivity contribution is 14.1. The van der Waals surface area contributed by atoms with Gasteiger partial charge in [0.15, 0.2) is 0 Å². The van der Waals surface area contributed by atoms with Gasteiger partial charge < -0.3 is 5.11 Å². The smallest absolute Gasteiger partial charge is 0.0856 e. The fourth-order valence-electron chi connectivity index (χ4n) is 1.96. The highest BCUT2D eigenvalue weighted by atomic mass is 127. The van der Waals surface area contributed by atoms with Crippen molar-refractivity contribution in [3.05, 3.63) is 47.7 Å². The van der Waals surface area contributed by atoms with Crippen LogP contribution in [0.1, 0.15) is 23.1 Å². The van der Waals surface area contributed by atoms with Crippen LogP contribution in [0.2, 0.25) is 0 Å². The summed E-state index contributed by atoms with van der Waals surface area (Å²) in [4.78, 5) is 0. The zero-order chi connectivity index (χ0) is 14.2. The Kier molecular flexibility index (Phi) is 5.08. The van der Waals surface area contributed by atoms with E-state index in [1.54, 1.807) is 0 Å². The molecule has 0 amide bonds. The second-order valence-corrected chi connectivity index (χ2v) is 7.23. The topological polar surface area (TPSA) is 38.0 Å². The van der Waals surface area contributed by atoms with Gasteiger partial charge in [0.25, 0.3) is 0 Å². The molecule has 0 aliphatic heterocycles. The summed E-state index contributed by atoms with van der Waals surface area (Å²) in [6, 6.07) is 5.93. The molecule has 0 aliphatic rings. The Balaban J connectivity index is 2.30. The first-order chi connectivity index (χ1) is 8.90. The molecule has 1 aromatic carbocycles. The normalized spacial score (nSPS) is 12.7. The molecule has 0 fully saturated rings. The molecule has 0 bridgehead atoms. The fraction of sp³-hybridized carbons (Fsp3) is 0.308. The van der Waals surface area contributed by atoms with E-state index in [9.17, 15) is 5.11 Å². The number of nitrogens with zero attached hydrogens (tertiary/aromatic N) is 2. The van der Waals surface area contributed by atoms with Crippen LogP contribution in [0.3, 0.4) is 0 Å². The Morgan fingerprint density at radius 1 is 1.42 bits per heavy atom. The number of aryl methyl sites for hydroxylation is 2.